The van der Waals surface area contributed by atoms with Crippen molar-refractivity contribution < 1.29 is 9.53 Å². The van der Waals surface area contributed by atoms with Crippen LogP contribution in [0.2, 0.25) is 0 Å². The summed E-state index contributed by atoms with van der Waals surface area (Å²) in [6.07, 6.45) is 1.65. The van der Waals surface area contributed by atoms with Crippen LogP contribution in [0, 0.1) is 6.92 Å². The number of Topliss-reactive ketones (excluding diaryl/α,β-unsaturated/α-hetero) is 1. The molecule has 2 nitrogen and oxygen atoms in total. The summed E-state index contributed by atoms with van der Waals surface area (Å²) in [5, 5.41) is 0. The Balaban J connectivity index is 1.71. The molecule has 1 fully saturated rings. The van der Waals surface area contributed by atoms with E-state index in [1.165, 1.54) is 5.56 Å². The second-order valence-corrected chi connectivity index (χ2v) is 5.79. The van der Waals surface area contributed by atoms with E-state index in [9.17, 15) is 4.79 Å². The van der Waals surface area contributed by atoms with Crippen LogP contribution in [0.25, 0.3) is 0 Å². The normalized spacial score (nSPS) is 27.4. The van der Waals surface area contributed by atoms with Gasteiger partial charge in [0.05, 0.1) is 0 Å². The summed E-state index contributed by atoms with van der Waals surface area (Å²) in [5.74, 6) is 0.158. The number of hydrogen-bond donors (Lipinski definition) is 0. The first-order valence-electron chi connectivity index (χ1n) is 7.08. The number of hydrogen-bond acceptors (Lipinski definition) is 2. The smallest absolute Gasteiger partial charge is 0.198 e. The second-order valence-electron chi connectivity index (χ2n) is 5.79. The molecule has 100 valence electrons. The van der Waals surface area contributed by atoms with Crippen LogP contribution in [0.1, 0.15) is 39.6 Å². The van der Waals surface area contributed by atoms with E-state index in [1.807, 2.05) is 30.3 Å². The van der Waals surface area contributed by atoms with Crippen LogP contribution in [-0.4, -0.2) is 11.4 Å². The van der Waals surface area contributed by atoms with Crippen LogP contribution in [0.5, 0.6) is 0 Å². The van der Waals surface area contributed by atoms with Crippen LogP contribution >= 0.6 is 0 Å². The zero-order chi connectivity index (χ0) is 13.7. The van der Waals surface area contributed by atoms with E-state index >= 15 is 0 Å². The summed E-state index contributed by atoms with van der Waals surface area (Å²) >= 11 is 0. The maximum absolute atomic E-state index is 12.7. The van der Waals surface area contributed by atoms with Gasteiger partial charge in [0.1, 0.15) is 6.10 Å². The van der Waals surface area contributed by atoms with Gasteiger partial charge in [-0.2, -0.15) is 0 Å². The fourth-order valence-corrected chi connectivity index (χ4v) is 3.33. The summed E-state index contributed by atoms with van der Waals surface area (Å²) in [6.45, 7) is 2.07. The maximum atomic E-state index is 12.7. The number of epoxide rings is 1. The molecule has 2 unspecified atom stereocenters. The zero-order valence-corrected chi connectivity index (χ0v) is 11.4. The van der Waals surface area contributed by atoms with Gasteiger partial charge in [-0.25, -0.2) is 0 Å². The van der Waals surface area contributed by atoms with E-state index < -0.39 is 5.60 Å². The lowest BCUT2D eigenvalue weighted by Gasteiger charge is -2.20. The van der Waals surface area contributed by atoms with Crippen molar-refractivity contribution in [2.75, 3.05) is 0 Å². The molecule has 0 saturated carbocycles. The summed E-state index contributed by atoms with van der Waals surface area (Å²) in [4.78, 5) is 12.7. The molecule has 0 N–H and O–H groups in total. The Labute approximate surface area is 118 Å². The highest BCUT2D eigenvalue weighted by Gasteiger charge is 2.63. The first-order chi connectivity index (χ1) is 9.71. The Morgan fingerprint density at radius 3 is 2.85 bits per heavy atom. The molecule has 2 aromatic rings. The summed E-state index contributed by atoms with van der Waals surface area (Å²) < 4.78 is 5.91. The van der Waals surface area contributed by atoms with Crippen LogP contribution in [0.3, 0.4) is 0 Å². The molecule has 0 bridgehead atoms. The molecule has 2 heteroatoms. The minimum Gasteiger partial charge on any atom is -0.352 e. The summed E-state index contributed by atoms with van der Waals surface area (Å²) in [6, 6.07) is 16.2. The molecular weight excluding hydrogens is 248 g/mol. The maximum Gasteiger partial charge on any atom is 0.198 e. The van der Waals surface area contributed by atoms with Crippen molar-refractivity contribution in [1.29, 1.82) is 0 Å². The Kier molecular flexibility index (Phi) is 2.39. The van der Waals surface area contributed by atoms with Crippen molar-refractivity contribution in [1.82, 2.24) is 0 Å². The Morgan fingerprint density at radius 1 is 1.15 bits per heavy atom. The van der Waals surface area contributed by atoms with Crippen molar-refractivity contribution in [2.45, 2.75) is 31.5 Å². The van der Waals surface area contributed by atoms with Gasteiger partial charge in [0, 0.05) is 5.56 Å². The Hall–Kier alpha value is -1.93. The monoisotopic (exact) mass is 264 g/mol. The fourth-order valence-electron chi connectivity index (χ4n) is 3.33. The van der Waals surface area contributed by atoms with E-state index in [-0.39, 0.29) is 11.9 Å². The summed E-state index contributed by atoms with van der Waals surface area (Å²) in [7, 11) is 0. The topological polar surface area (TPSA) is 29.6 Å². The Bertz CT molecular complexity index is 704. The van der Waals surface area contributed by atoms with Gasteiger partial charge < -0.3 is 4.74 Å². The highest BCUT2D eigenvalue weighted by Crippen LogP contribution is 2.56. The quantitative estimate of drug-likeness (QED) is 0.736. The largest absolute Gasteiger partial charge is 0.352 e. The van der Waals surface area contributed by atoms with E-state index in [1.54, 1.807) is 0 Å². The standard InChI is InChI=1S/C18H16O2/c1-12-5-4-7-14(11-12)17-18(20-17)10-9-13-6-2-3-8-15(13)16(18)19/h2-8,11,17H,9-10H2,1H3. The number of benzene rings is 2. The number of carbonyl (C=O) groups excluding carboxylic acids is 1. The van der Waals surface area contributed by atoms with Gasteiger partial charge in [0.15, 0.2) is 11.4 Å². The fraction of sp³-hybridized carbons (Fsp3) is 0.278. The van der Waals surface area contributed by atoms with Gasteiger partial charge in [0.2, 0.25) is 0 Å². The number of ether oxygens (including phenoxy) is 1. The molecular formula is C18H16O2. The third-order valence-electron chi connectivity index (χ3n) is 4.45. The van der Waals surface area contributed by atoms with Crippen LogP contribution < -0.4 is 0 Å². The lowest BCUT2D eigenvalue weighted by molar-refractivity contribution is 0.0850. The highest BCUT2D eigenvalue weighted by molar-refractivity contribution is 6.07. The van der Waals surface area contributed by atoms with Crippen molar-refractivity contribution in [2.24, 2.45) is 0 Å². The number of aryl methyl sites for hydroxylation is 2. The number of ketones is 1. The molecule has 2 aliphatic rings. The zero-order valence-electron chi connectivity index (χ0n) is 11.4. The molecule has 2 aromatic carbocycles. The second kappa shape index (κ2) is 4.03. The van der Waals surface area contributed by atoms with Crippen molar-refractivity contribution in [3.8, 4) is 0 Å². The third-order valence-corrected chi connectivity index (χ3v) is 4.45. The first kappa shape index (κ1) is 11.9. The average Bonchev–Trinajstić information content (AvgIpc) is 3.19. The predicted octanol–water partition coefficient (Wildman–Crippen LogP) is 3.63. The molecule has 1 heterocycles. The van der Waals surface area contributed by atoms with Crippen molar-refractivity contribution in [3.63, 3.8) is 0 Å². The SMILES string of the molecule is Cc1cccc(C2OC23CCc2ccccc2C3=O)c1. The molecule has 0 aromatic heterocycles. The van der Waals surface area contributed by atoms with E-state index in [2.05, 4.69) is 25.1 Å². The number of rotatable bonds is 1. The lowest BCUT2D eigenvalue weighted by Crippen LogP contribution is -2.31. The van der Waals surface area contributed by atoms with Crippen LogP contribution in [-0.2, 0) is 11.2 Å². The number of carbonyl (C=O) groups is 1. The van der Waals surface area contributed by atoms with Gasteiger partial charge in [-0.15, -0.1) is 0 Å². The molecule has 0 radical (unpaired) electrons. The molecule has 0 amide bonds. The molecule has 1 aliphatic heterocycles. The highest BCUT2D eigenvalue weighted by atomic mass is 16.6. The van der Waals surface area contributed by atoms with Crippen LogP contribution in [0.15, 0.2) is 48.5 Å². The van der Waals surface area contributed by atoms with E-state index in [0.29, 0.717) is 0 Å². The summed E-state index contributed by atoms with van der Waals surface area (Å²) in [5.41, 5.74) is 3.73. The molecule has 4 rings (SSSR count). The van der Waals surface area contributed by atoms with Crippen molar-refractivity contribution >= 4 is 5.78 Å². The minimum absolute atomic E-state index is 0.0664. The van der Waals surface area contributed by atoms with Gasteiger partial charge in [-0.3, -0.25) is 4.79 Å². The molecule has 1 aliphatic carbocycles. The predicted molar refractivity (Wildman–Crippen MR) is 76.8 cm³/mol. The molecule has 2 atom stereocenters. The molecule has 20 heavy (non-hydrogen) atoms. The molecule has 1 saturated heterocycles. The Morgan fingerprint density at radius 2 is 2.00 bits per heavy atom. The first-order valence-corrected chi connectivity index (χ1v) is 7.08. The lowest BCUT2D eigenvalue weighted by atomic mass is 9.79. The number of fused-ring (bicyclic) bond motifs is 1. The van der Waals surface area contributed by atoms with Gasteiger partial charge in [0.25, 0.3) is 0 Å². The van der Waals surface area contributed by atoms with Gasteiger partial charge in [-0.05, 0) is 30.9 Å². The average molecular weight is 264 g/mol. The van der Waals surface area contributed by atoms with Crippen molar-refractivity contribution in [3.05, 3.63) is 70.8 Å². The van der Waals surface area contributed by atoms with Gasteiger partial charge in [-0.1, -0.05) is 54.1 Å². The minimum atomic E-state index is -0.595. The van der Waals surface area contributed by atoms with E-state index in [0.717, 1.165) is 29.5 Å². The van der Waals surface area contributed by atoms with Gasteiger partial charge >= 0.3 is 0 Å². The van der Waals surface area contributed by atoms with Crippen LogP contribution in [0.4, 0.5) is 0 Å². The molecule has 1 spiro atoms. The van der Waals surface area contributed by atoms with E-state index in [4.69, 9.17) is 4.74 Å². The third kappa shape index (κ3) is 1.58.